The third-order valence-electron chi connectivity index (χ3n) is 3.23. The highest BCUT2D eigenvalue weighted by atomic mass is 16.5. The van der Waals surface area contributed by atoms with Gasteiger partial charge in [0.2, 0.25) is 0 Å². The molecule has 0 aliphatic heterocycles. The van der Waals surface area contributed by atoms with Crippen LogP contribution in [0.3, 0.4) is 0 Å². The number of anilines is 1. The highest BCUT2D eigenvalue weighted by molar-refractivity contribution is 5.89. The molecule has 1 aliphatic rings. The smallest absolute Gasteiger partial charge is 0.319 e. The molecule has 0 radical (unpaired) electrons. The van der Waals surface area contributed by atoms with Gasteiger partial charge in [-0.25, -0.2) is 4.79 Å². The van der Waals surface area contributed by atoms with Crippen LogP contribution in [0.25, 0.3) is 0 Å². The molecule has 5 heteroatoms. The Labute approximate surface area is 112 Å². The number of ether oxygens (including phenoxy) is 1. The summed E-state index contributed by atoms with van der Waals surface area (Å²) >= 11 is 0. The molecule has 0 bridgehead atoms. The van der Waals surface area contributed by atoms with Crippen LogP contribution < -0.4 is 15.4 Å². The van der Waals surface area contributed by atoms with Crippen LogP contribution in [0.15, 0.2) is 24.3 Å². The van der Waals surface area contributed by atoms with Crippen LogP contribution in [0.5, 0.6) is 5.75 Å². The van der Waals surface area contributed by atoms with Crippen molar-refractivity contribution in [3.8, 4) is 5.75 Å². The first-order chi connectivity index (χ1) is 9.17. The lowest BCUT2D eigenvalue weighted by molar-refractivity contribution is -0.120. The maximum Gasteiger partial charge on any atom is 0.319 e. The summed E-state index contributed by atoms with van der Waals surface area (Å²) in [6.45, 7) is 0. The van der Waals surface area contributed by atoms with Crippen LogP contribution >= 0.6 is 0 Å². The number of carbonyl (C=O) groups excluding carboxylic acids is 2. The molecule has 0 unspecified atom stereocenters. The maximum absolute atomic E-state index is 11.8. The van der Waals surface area contributed by atoms with Crippen LogP contribution in [-0.4, -0.2) is 25.0 Å². The first-order valence-corrected chi connectivity index (χ1v) is 6.40. The summed E-state index contributed by atoms with van der Waals surface area (Å²) in [5, 5.41) is 5.64. The summed E-state index contributed by atoms with van der Waals surface area (Å²) in [5.41, 5.74) is 0.713. The maximum atomic E-state index is 11.8. The highest BCUT2D eigenvalue weighted by Crippen LogP contribution is 2.16. The largest absolute Gasteiger partial charge is 0.497 e. The van der Waals surface area contributed by atoms with E-state index in [-0.39, 0.29) is 17.9 Å². The first kappa shape index (κ1) is 13.4. The molecular formula is C14H18N2O3. The SMILES string of the molecule is COc1ccc(NC(=O)NC2CCC(=O)CC2)cc1. The minimum Gasteiger partial charge on any atom is -0.497 e. The van der Waals surface area contributed by atoms with E-state index in [4.69, 9.17) is 4.74 Å². The van der Waals surface area contributed by atoms with Crippen LogP contribution in [-0.2, 0) is 4.79 Å². The fraction of sp³-hybridized carbons (Fsp3) is 0.429. The molecule has 2 N–H and O–H groups in total. The summed E-state index contributed by atoms with van der Waals surface area (Å²) in [6.07, 6.45) is 2.59. The number of urea groups is 1. The van der Waals surface area contributed by atoms with Gasteiger partial charge >= 0.3 is 6.03 Å². The number of amides is 2. The van der Waals surface area contributed by atoms with Crippen LogP contribution in [0, 0.1) is 0 Å². The quantitative estimate of drug-likeness (QED) is 0.878. The van der Waals surface area contributed by atoms with E-state index in [2.05, 4.69) is 10.6 Å². The zero-order valence-corrected chi connectivity index (χ0v) is 10.9. The van der Waals surface area contributed by atoms with Gasteiger partial charge in [-0.05, 0) is 37.1 Å². The van der Waals surface area contributed by atoms with E-state index < -0.39 is 0 Å². The summed E-state index contributed by atoms with van der Waals surface area (Å²) in [4.78, 5) is 22.9. The number of methoxy groups -OCH3 is 1. The Morgan fingerprint density at radius 3 is 2.42 bits per heavy atom. The van der Waals surface area contributed by atoms with Gasteiger partial charge in [-0.1, -0.05) is 0 Å². The second-order valence-electron chi connectivity index (χ2n) is 4.64. The lowest BCUT2D eigenvalue weighted by atomic mass is 9.94. The molecule has 1 aliphatic carbocycles. The van der Waals surface area contributed by atoms with Crippen LogP contribution in [0.4, 0.5) is 10.5 Å². The summed E-state index contributed by atoms with van der Waals surface area (Å²) < 4.78 is 5.05. The van der Waals surface area contributed by atoms with Gasteiger partial charge in [-0.15, -0.1) is 0 Å². The molecule has 19 heavy (non-hydrogen) atoms. The molecule has 102 valence electrons. The molecular weight excluding hydrogens is 244 g/mol. The molecule has 0 heterocycles. The van der Waals surface area contributed by atoms with Gasteiger partial charge in [0.25, 0.3) is 0 Å². The molecule has 2 rings (SSSR count). The van der Waals surface area contributed by atoms with Crippen molar-refractivity contribution in [2.75, 3.05) is 12.4 Å². The number of hydrogen-bond donors (Lipinski definition) is 2. The van der Waals surface area contributed by atoms with Crippen molar-refractivity contribution < 1.29 is 14.3 Å². The minimum absolute atomic E-state index is 0.0935. The highest BCUT2D eigenvalue weighted by Gasteiger charge is 2.20. The topological polar surface area (TPSA) is 67.4 Å². The molecule has 1 saturated carbocycles. The average molecular weight is 262 g/mol. The molecule has 0 atom stereocenters. The molecule has 1 aromatic carbocycles. The first-order valence-electron chi connectivity index (χ1n) is 6.40. The number of rotatable bonds is 3. The molecule has 0 aromatic heterocycles. The van der Waals surface area contributed by atoms with Crippen molar-refractivity contribution in [2.24, 2.45) is 0 Å². The van der Waals surface area contributed by atoms with E-state index in [0.29, 0.717) is 18.5 Å². The van der Waals surface area contributed by atoms with E-state index >= 15 is 0 Å². The molecule has 0 saturated heterocycles. The third kappa shape index (κ3) is 3.98. The fourth-order valence-electron chi connectivity index (χ4n) is 2.11. The summed E-state index contributed by atoms with van der Waals surface area (Å²) in [5.74, 6) is 1.03. The predicted octanol–water partition coefficient (Wildman–Crippen LogP) is 2.33. The Kier molecular flexibility index (Phi) is 4.39. The number of ketones is 1. The molecule has 2 amide bonds. The molecule has 1 aromatic rings. The zero-order valence-electron chi connectivity index (χ0n) is 10.9. The average Bonchev–Trinajstić information content (AvgIpc) is 2.42. The lowest BCUT2D eigenvalue weighted by Gasteiger charge is -2.22. The summed E-state index contributed by atoms with van der Waals surface area (Å²) in [7, 11) is 1.60. The van der Waals surface area contributed by atoms with Gasteiger partial charge in [0.1, 0.15) is 11.5 Å². The zero-order chi connectivity index (χ0) is 13.7. The molecule has 5 nitrogen and oxygen atoms in total. The molecule has 0 spiro atoms. The Bertz CT molecular complexity index is 446. The molecule has 1 fully saturated rings. The predicted molar refractivity (Wildman–Crippen MR) is 72.4 cm³/mol. The van der Waals surface area contributed by atoms with Crippen molar-refractivity contribution in [3.05, 3.63) is 24.3 Å². The minimum atomic E-state index is -0.232. The normalized spacial score (nSPS) is 15.9. The number of hydrogen-bond acceptors (Lipinski definition) is 3. The number of Topliss-reactive ketones (excluding diaryl/α,β-unsaturated/α-hetero) is 1. The third-order valence-corrected chi connectivity index (χ3v) is 3.23. The monoisotopic (exact) mass is 262 g/mol. The van der Waals surface area contributed by atoms with Crippen molar-refractivity contribution in [1.29, 1.82) is 0 Å². The van der Waals surface area contributed by atoms with Gasteiger partial charge in [0.05, 0.1) is 7.11 Å². The Morgan fingerprint density at radius 2 is 1.84 bits per heavy atom. The number of carbonyl (C=O) groups is 2. The van der Waals surface area contributed by atoms with E-state index in [1.54, 1.807) is 31.4 Å². The van der Waals surface area contributed by atoms with Crippen LogP contribution in [0.2, 0.25) is 0 Å². The van der Waals surface area contributed by atoms with Gasteiger partial charge in [0.15, 0.2) is 0 Å². The van der Waals surface area contributed by atoms with E-state index in [9.17, 15) is 9.59 Å². The standard InChI is InChI=1S/C14H18N2O3/c1-19-13-8-4-11(5-9-13)16-14(18)15-10-2-6-12(17)7-3-10/h4-5,8-10H,2-3,6-7H2,1H3,(H2,15,16,18). The Morgan fingerprint density at radius 1 is 1.21 bits per heavy atom. The van der Waals surface area contributed by atoms with Crippen molar-refractivity contribution in [2.45, 2.75) is 31.7 Å². The van der Waals surface area contributed by atoms with E-state index in [1.807, 2.05) is 0 Å². The van der Waals surface area contributed by atoms with Crippen molar-refractivity contribution in [3.63, 3.8) is 0 Å². The van der Waals surface area contributed by atoms with E-state index in [0.717, 1.165) is 18.6 Å². The van der Waals surface area contributed by atoms with Crippen molar-refractivity contribution in [1.82, 2.24) is 5.32 Å². The van der Waals surface area contributed by atoms with E-state index in [1.165, 1.54) is 0 Å². The van der Waals surface area contributed by atoms with Gasteiger partial charge in [0, 0.05) is 24.6 Å². The number of nitrogens with one attached hydrogen (secondary N) is 2. The van der Waals surface area contributed by atoms with Gasteiger partial charge in [-0.3, -0.25) is 4.79 Å². The Hall–Kier alpha value is -2.04. The summed E-state index contributed by atoms with van der Waals surface area (Å²) in [6, 6.07) is 7.00. The lowest BCUT2D eigenvalue weighted by Crippen LogP contribution is -2.40. The number of benzene rings is 1. The fourth-order valence-corrected chi connectivity index (χ4v) is 2.11. The Balaban J connectivity index is 1.81. The second kappa shape index (κ2) is 6.22. The second-order valence-corrected chi connectivity index (χ2v) is 4.64. The van der Waals surface area contributed by atoms with Gasteiger partial charge in [-0.2, -0.15) is 0 Å². The van der Waals surface area contributed by atoms with Gasteiger partial charge < -0.3 is 15.4 Å². The van der Waals surface area contributed by atoms with Crippen molar-refractivity contribution >= 4 is 17.5 Å². The van der Waals surface area contributed by atoms with Crippen LogP contribution in [0.1, 0.15) is 25.7 Å².